The van der Waals surface area contributed by atoms with Crippen molar-refractivity contribution in [2.45, 2.75) is 46.6 Å². The third-order valence-electron chi connectivity index (χ3n) is 4.51. The van der Waals surface area contributed by atoms with Crippen molar-refractivity contribution in [1.29, 1.82) is 0 Å². The van der Waals surface area contributed by atoms with Crippen molar-refractivity contribution < 1.29 is 14.0 Å². The van der Waals surface area contributed by atoms with Gasteiger partial charge in [-0.3, -0.25) is 4.98 Å². The van der Waals surface area contributed by atoms with E-state index in [4.69, 9.17) is 4.74 Å². The average Bonchev–Trinajstić information content (AvgIpc) is 2.53. The first-order valence-electron chi connectivity index (χ1n) is 8.02. The van der Waals surface area contributed by atoms with E-state index in [9.17, 15) is 4.79 Å². The monoisotopic (exact) mass is 293 g/mol. The molecule has 0 spiro atoms. The van der Waals surface area contributed by atoms with Crippen molar-refractivity contribution in [3.05, 3.63) is 30.1 Å². The summed E-state index contributed by atoms with van der Waals surface area (Å²) >= 11 is 0. The highest BCUT2D eigenvalue weighted by Gasteiger charge is 2.30. The Morgan fingerprint density at radius 3 is 2.43 bits per heavy atom. The number of quaternary nitrogens is 1. The van der Waals surface area contributed by atoms with Crippen LogP contribution in [0.15, 0.2) is 24.5 Å². The van der Waals surface area contributed by atoms with E-state index in [2.05, 4.69) is 32.7 Å². The largest absolute Gasteiger partial charge is 0.456 e. The molecule has 21 heavy (non-hydrogen) atoms. The van der Waals surface area contributed by atoms with Crippen LogP contribution in [0.5, 0.6) is 0 Å². The molecule has 1 heterocycles. The summed E-state index contributed by atoms with van der Waals surface area (Å²) in [6.07, 6.45) is 5.51. The molecule has 0 fully saturated rings. The lowest BCUT2D eigenvalue weighted by Crippen LogP contribution is -2.56. The smallest absolute Gasteiger partial charge is 0.338 e. The van der Waals surface area contributed by atoms with E-state index in [0.717, 1.165) is 37.0 Å². The summed E-state index contributed by atoms with van der Waals surface area (Å²) in [5, 5.41) is 0. The van der Waals surface area contributed by atoms with Crippen LogP contribution in [0.25, 0.3) is 0 Å². The highest BCUT2D eigenvalue weighted by molar-refractivity contribution is 5.89. The Labute approximate surface area is 128 Å². The van der Waals surface area contributed by atoms with Crippen LogP contribution in [0.3, 0.4) is 0 Å². The Morgan fingerprint density at radius 1 is 1.24 bits per heavy atom. The fourth-order valence-electron chi connectivity index (χ4n) is 2.90. The molecular weight excluding hydrogens is 264 g/mol. The van der Waals surface area contributed by atoms with E-state index < -0.39 is 0 Å². The maximum absolute atomic E-state index is 12.0. The molecule has 0 bridgehead atoms. The number of likely N-dealkylation sites (N-methyl/N-ethyl adjacent to an activating group) is 1. The van der Waals surface area contributed by atoms with Crippen LogP contribution in [-0.2, 0) is 4.74 Å². The summed E-state index contributed by atoms with van der Waals surface area (Å²) in [5.41, 5.74) is 0.568. The lowest BCUT2D eigenvalue weighted by atomic mass is 10.1. The molecule has 1 aromatic rings. The molecule has 0 radical (unpaired) electrons. The molecule has 2 unspecified atom stereocenters. The van der Waals surface area contributed by atoms with Gasteiger partial charge in [0.25, 0.3) is 0 Å². The number of pyridine rings is 1. The van der Waals surface area contributed by atoms with Gasteiger partial charge < -0.3 is 9.22 Å². The molecule has 4 heteroatoms. The second-order valence-corrected chi connectivity index (χ2v) is 5.61. The number of carbonyl (C=O) groups is 1. The van der Waals surface area contributed by atoms with Gasteiger partial charge in [-0.15, -0.1) is 0 Å². The van der Waals surface area contributed by atoms with Gasteiger partial charge in [-0.25, -0.2) is 4.79 Å². The van der Waals surface area contributed by atoms with Crippen molar-refractivity contribution in [1.82, 2.24) is 4.98 Å². The van der Waals surface area contributed by atoms with Gasteiger partial charge in [0.1, 0.15) is 13.2 Å². The summed E-state index contributed by atoms with van der Waals surface area (Å²) in [5.74, 6) is -0.257. The molecule has 2 atom stereocenters. The lowest BCUT2D eigenvalue weighted by Gasteiger charge is -2.42. The molecule has 1 rings (SSSR count). The van der Waals surface area contributed by atoms with E-state index in [1.807, 2.05) is 0 Å². The summed E-state index contributed by atoms with van der Waals surface area (Å²) < 4.78 is 6.47. The van der Waals surface area contributed by atoms with Gasteiger partial charge in [-0.05, 0) is 38.8 Å². The summed E-state index contributed by atoms with van der Waals surface area (Å²) in [6.45, 7) is 12.5. The highest BCUT2D eigenvalue weighted by atomic mass is 16.5. The van der Waals surface area contributed by atoms with Gasteiger partial charge in [0, 0.05) is 12.4 Å². The molecule has 0 aliphatic rings. The molecule has 4 nitrogen and oxygen atoms in total. The van der Waals surface area contributed by atoms with E-state index in [0.29, 0.717) is 18.2 Å². The number of carbonyl (C=O) groups excluding carboxylic acids is 1. The Balaban J connectivity index is 2.59. The molecule has 0 N–H and O–H groups in total. The molecule has 0 aromatic carbocycles. The molecule has 0 amide bonds. The van der Waals surface area contributed by atoms with Crippen LogP contribution in [0.1, 0.15) is 50.9 Å². The highest BCUT2D eigenvalue weighted by Crippen LogP contribution is 2.17. The topological polar surface area (TPSA) is 39.2 Å². The summed E-state index contributed by atoms with van der Waals surface area (Å²) in [7, 11) is 0. The van der Waals surface area contributed by atoms with Crippen LogP contribution in [0.2, 0.25) is 0 Å². The zero-order valence-electron chi connectivity index (χ0n) is 13.8. The summed E-state index contributed by atoms with van der Waals surface area (Å²) in [4.78, 5) is 15.9. The molecular formula is C17H29N2O2+. The van der Waals surface area contributed by atoms with Crippen LogP contribution < -0.4 is 0 Å². The van der Waals surface area contributed by atoms with Crippen molar-refractivity contribution >= 4 is 5.97 Å². The van der Waals surface area contributed by atoms with Crippen molar-refractivity contribution in [2.24, 2.45) is 0 Å². The van der Waals surface area contributed by atoms with E-state index in [-0.39, 0.29) is 5.97 Å². The van der Waals surface area contributed by atoms with Gasteiger partial charge in [-0.2, -0.15) is 0 Å². The standard InChI is InChI=1S/C17H29N2O2/c1-5-12-19(7-3,15(4)6-2)13-14-21-17(20)16-8-10-18-11-9-16/h8-11,15H,5-7,12-14H2,1-4H3/q+1. The van der Waals surface area contributed by atoms with Crippen LogP contribution >= 0.6 is 0 Å². The molecule has 0 saturated heterocycles. The Kier molecular flexibility index (Phi) is 7.37. The first kappa shape index (κ1) is 17.6. The number of hydrogen-bond donors (Lipinski definition) is 0. The first-order chi connectivity index (χ1) is 10.1. The van der Waals surface area contributed by atoms with Gasteiger partial charge in [0.15, 0.2) is 0 Å². The van der Waals surface area contributed by atoms with Gasteiger partial charge in [0.05, 0.1) is 24.7 Å². The minimum Gasteiger partial charge on any atom is -0.456 e. The fraction of sp³-hybridized carbons (Fsp3) is 0.647. The molecule has 0 saturated carbocycles. The van der Waals surface area contributed by atoms with Gasteiger partial charge >= 0.3 is 5.97 Å². The van der Waals surface area contributed by atoms with Gasteiger partial charge in [-0.1, -0.05) is 13.8 Å². The number of esters is 1. The first-order valence-corrected chi connectivity index (χ1v) is 8.02. The molecule has 0 aliphatic carbocycles. The zero-order valence-corrected chi connectivity index (χ0v) is 13.8. The van der Waals surface area contributed by atoms with Crippen LogP contribution in [0.4, 0.5) is 0 Å². The molecule has 118 valence electrons. The number of hydrogen-bond acceptors (Lipinski definition) is 3. The number of rotatable bonds is 9. The second-order valence-electron chi connectivity index (χ2n) is 5.61. The van der Waals surface area contributed by atoms with Gasteiger partial charge in [0.2, 0.25) is 0 Å². The minimum absolute atomic E-state index is 0.257. The quantitative estimate of drug-likeness (QED) is 0.518. The maximum Gasteiger partial charge on any atom is 0.338 e. The van der Waals surface area contributed by atoms with Crippen LogP contribution in [-0.4, -0.2) is 47.7 Å². The lowest BCUT2D eigenvalue weighted by molar-refractivity contribution is -0.948. The Morgan fingerprint density at radius 2 is 1.90 bits per heavy atom. The van der Waals surface area contributed by atoms with E-state index in [1.165, 1.54) is 0 Å². The van der Waals surface area contributed by atoms with Crippen LogP contribution in [0, 0.1) is 0 Å². The molecule has 1 aromatic heterocycles. The third-order valence-corrected chi connectivity index (χ3v) is 4.51. The molecule has 0 aliphatic heterocycles. The predicted octanol–water partition coefficient (Wildman–Crippen LogP) is 3.28. The van der Waals surface area contributed by atoms with E-state index in [1.54, 1.807) is 24.5 Å². The van der Waals surface area contributed by atoms with E-state index >= 15 is 0 Å². The fourth-order valence-corrected chi connectivity index (χ4v) is 2.90. The Hall–Kier alpha value is -1.42. The third kappa shape index (κ3) is 4.81. The second kappa shape index (κ2) is 8.78. The average molecular weight is 293 g/mol. The SMILES string of the molecule is CCC[N+](CC)(CCOC(=O)c1ccncc1)C(C)CC. The van der Waals surface area contributed by atoms with Crippen molar-refractivity contribution in [3.8, 4) is 0 Å². The number of nitrogens with zero attached hydrogens (tertiary/aromatic N) is 2. The zero-order chi connectivity index (χ0) is 15.7. The Bertz CT molecular complexity index is 422. The summed E-state index contributed by atoms with van der Waals surface area (Å²) in [6, 6.07) is 3.96. The van der Waals surface area contributed by atoms with Crippen molar-refractivity contribution in [2.75, 3.05) is 26.2 Å². The minimum atomic E-state index is -0.257. The van der Waals surface area contributed by atoms with Crippen molar-refractivity contribution in [3.63, 3.8) is 0 Å². The maximum atomic E-state index is 12.0. The number of aromatic nitrogens is 1. The predicted molar refractivity (Wildman–Crippen MR) is 85.1 cm³/mol. The number of ether oxygens (including phenoxy) is 1. The normalized spacial score (nSPS) is 15.2.